The van der Waals surface area contributed by atoms with Gasteiger partial charge < -0.3 is 4.90 Å². The van der Waals surface area contributed by atoms with Gasteiger partial charge in [-0.1, -0.05) is 49.4 Å². The molecule has 6 heteroatoms. The summed E-state index contributed by atoms with van der Waals surface area (Å²) in [4.78, 5) is 30.0. The number of aryl methyl sites for hydroxylation is 2. The molecule has 0 radical (unpaired) electrons. The molecule has 1 aliphatic heterocycles. The molecule has 6 nitrogen and oxygen atoms in total. The molecule has 0 saturated carbocycles. The zero-order valence-corrected chi connectivity index (χ0v) is 17.7. The van der Waals surface area contributed by atoms with E-state index in [1.807, 2.05) is 39.8 Å². The molecule has 0 aliphatic carbocycles. The minimum atomic E-state index is -0.0152. The molecule has 0 spiro atoms. The van der Waals surface area contributed by atoms with E-state index in [0.29, 0.717) is 19.5 Å². The summed E-state index contributed by atoms with van der Waals surface area (Å²) >= 11 is 0. The topological polar surface area (TPSA) is 50.5 Å². The fourth-order valence-electron chi connectivity index (χ4n) is 4.29. The van der Waals surface area contributed by atoms with Gasteiger partial charge in [0.05, 0.1) is 11.0 Å². The highest BCUT2D eigenvalue weighted by molar-refractivity contribution is 5.78. The van der Waals surface area contributed by atoms with E-state index in [1.165, 1.54) is 5.56 Å². The number of hydrogen-bond acceptors (Lipinski definition) is 3. The standard InChI is InChI=1S/C24H30N4O2/c1-2-13-27-21-10-6-7-11-22(21)28(24(27)30)14-12-23(29)26-17-15-25(16-18-26)19-20-8-4-3-5-9-20/h3-11H,2,12-19H2,1H3. The van der Waals surface area contributed by atoms with Crippen LogP contribution in [0.1, 0.15) is 25.3 Å². The molecule has 1 saturated heterocycles. The maximum atomic E-state index is 12.9. The first-order valence-corrected chi connectivity index (χ1v) is 10.9. The molecular weight excluding hydrogens is 376 g/mol. The lowest BCUT2D eigenvalue weighted by atomic mass is 10.2. The molecule has 158 valence electrons. The highest BCUT2D eigenvalue weighted by Gasteiger charge is 2.21. The van der Waals surface area contributed by atoms with Gasteiger partial charge in [0.15, 0.2) is 0 Å². The van der Waals surface area contributed by atoms with Crippen molar-refractivity contribution in [2.45, 2.75) is 39.4 Å². The highest BCUT2D eigenvalue weighted by atomic mass is 16.2. The van der Waals surface area contributed by atoms with Gasteiger partial charge in [-0.15, -0.1) is 0 Å². The van der Waals surface area contributed by atoms with Crippen molar-refractivity contribution >= 4 is 16.9 Å². The molecule has 1 amide bonds. The van der Waals surface area contributed by atoms with Gasteiger partial charge in [-0.3, -0.25) is 18.8 Å². The van der Waals surface area contributed by atoms with Gasteiger partial charge in [-0.25, -0.2) is 4.79 Å². The van der Waals surface area contributed by atoms with E-state index >= 15 is 0 Å². The molecule has 2 aromatic carbocycles. The molecular formula is C24H30N4O2. The largest absolute Gasteiger partial charge is 0.340 e. The Bertz CT molecular complexity index is 1050. The van der Waals surface area contributed by atoms with Crippen LogP contribution in [0.4, 0.5) is 0 Å². The number of fused-ring (bicyclic) bond motifs is 1. The lowest BCUT2D eigenvalue weighted by Gasteiger charge is -2.34. The molecule has 30 heavy (non-hydrogen) atoms. The quantitative estimate of drug-likeness (QED) is 0.606. The summed E-state index contributed by atoms with van der Waals surface area (Å²) in [5, 5.41) is 0. The number of piperazine rings is 1. The average molecular weight is 407 g/mol. The minimum absolute atomic E-state index is 0.0152. The molecule has 0 bridgehead atoms. The van der Waals surface area contributed by atoms with Crippen LogP contribution in [-0.4, -0.2) is 51.0 Å². The third-order valence-electron chi connectivity index (χ3n) is 5.90. The van der Waals surface area contributed by atoms with E-state index in [2.05, 4.69) is 36.1 Å². The van der Waals surface area contributed by atoms with E-state index in [0.717, 1.165) is 50.2 Å². The number of imidazole rings is 1. The van der Waals surface area contributed by atoms with Crippen molar-refractivity contribution < 1.29 is 4.79 Å². The molecule has 4 rings (SSSR count). The van der Waals surface area contributed by atoms with Gasteiger partial charge in [0, 0.05) is 52.2 Å². The maximum Gasteiger partial charge on any atom is 0.329 e. The third-order valence-corrected chi connectivity index (χ3v) is 5.90. The highest BCUT2D eigenvalue weighted by Crippen LogP contribution is 2.15. The second kappa shape index (κ2) is 9.30. The molecule has 0 atom stereocenters. The Morgan fingerprint density at radius 1 is 0.833 bits per heavy atom. The molecule has 0 unspecified atom stereocenters. The Morgan fingerprint density at radius 3 is 2.07 bits per heavy atom. The van der Waals surface area contributed by atoms with E-state index in [4.69, 9.17) is 0 Å². The second-order valence-electron chi connectivity index (χ2n) is 7.97. The van der Waals surface area contributed by atoms with Crippen LogP contribution in [0.25, 0.3) is 11.0 Å². The Kier molecular flexibility index (Phi) is 6.33. The predicted molar refractivity (Wildman–Crippen MR) is 119 cm³/mol. The Labute approximate surface area is 177 Å². The van der Waals surface area contributed by atoms with Crippen molar-refractivity contribution in [3.63, 3.8) is 0 Å². The summed E-state index contributed by atoms with van der Waals surface area (Å²) in [5.41, 5.74) is 3.15. The first kappa shape index (κ1) is 20.4. The second-order valence-corrected chi connectivity index (χ2v) is 7.97. The number of aromatic nitrogens is 2. The SMILES string of the molecule is CCCn1c(=O)n(CCC(=O)N2CCN(Cc3ccccc3)CC2)c2ccccc21. The number of benzene rings is 2. The zero-order valence-electron chi connectivity index (χ0n) is 17.7. The Balaban J connectivity index is 1.36. The van der Waals surface area contributed by atoms with Crippen molar-refractivity contribution in [1.82, 2.24) is 18.9 Å². The Morgan fingerprint density at radius 2 is 1.43 bits per heavy atom. The van der Waals surface area contributed by atoms with Crippen LogP contribution in [-0.2, 0) is 24.4 Å². The lowest BCUT2D eigenvalue weighted by Crippen LogP contribution is -2.48. The van der Waals surface area contributed by atoms with Crippen molar-refractivity contribution in [3.8, 4) is 0 Å². The van der Waals surface area contributed by atoms with Crippen molar-refractivity contribution in [2.24, 2.45) is 0 Å². The van der Waals surface area contributed by atoms with Gasteiger partial charge in [0.1, 0.15) is 0 Å². The van der Waals surface area contributed by atoms with Crippen LogP contribution >= 0.6 is 0 Å². The fourth-order valence-corrected chi connectivity index (χ4v) is 4.29. The number of hydrogen-bond donors (Lipinski definition) is 0. The molecule has 1 aliphatic rings. The van der Waals surface area contributed by atoms with Gasteiger partial charge in [-0.05, 0) is 24.1 Å². The van der Waals surface area contributed by atoms with Gasteiger partial charge in [0.25, 0.3) is 0 Å². The van der Waals surface area contributed by atoms with E-state index in [1.54, 1.807) is 4.57 Å². The number of carbonyl (C=O) groups is 1. The summed E-state index contributed by atoms with van der Waals surface area (Å²) in [6.45, 7) is 7.39. The van der Waals surface area contributed by atoms with Crippen LogP contribution in [0.5, 0.6) is 0 Å². The normalized spacial score (nSPS) is 15.0. The summed E-state index contributed by atoms with van der Waals surface area (Å²) in [5.74, 6) is 0.133. The van der Waals surface area contributed by atoms with Gasteiger partial charge in [0.2, 0.25) is 5.91 Å². The van der Waals surface area contributed by atoms with Crippen LogP contribution in [0, 0.1) is 0 Å². The first-order valence-electron chi connectivity index (χ1n) is 10.9. The van der Waals surface area contributed by atoms with Crippen molar-refractivity contribution in [3.05, 3.63) is 70.6 Å². The minimum Gasteiger partial charge on any atom is -0.340 e. The third kappa shape index (κ3) is 4.33. The summed E-state index contributed by atoms with van der Waals surface area (Å²) in [6.07, 6.45) is 1.26. The molecule has 2 heterocycles. The summed E-state index contributed by atoms with van der Waals surface area (Å²) in [7, 11) is 0. The van der Waals surface area contributed by atoms with Crippen molar-refractivity contribution in [2.75, 3.05) is 26.2 Å². The number of rotatable bonds is 7. The number of nitrogens with zero attached hydrogens (tertiary/aromatic N) is 4. The molecule has 1 fully saturated rings. The Hall–Kier alpha value is -2.86. The lowest BCUT2D eigenvalue weighted by molar-refractivity contribution is -0.133. The van der Waals surface area contributed by atoms with Crippen LogP contribution in [0.2, 0.25) is 0 Å². The van der Waals surface area contributed by atoms with Crippen LogP contribution < -0.4 is 5.69 Å². The van der Waals surface area contributed by atoms with Crippen molar-refractivity contribution in [1.29, 1.82) is 0 Å². The predicted octanol–water partition coefficient (Wildman–Crippen LogP) is 2.95. The number of carbonyl (C=O) groups excluding carboxylic acids is 1. The van der Waals surface area contributed by atoms with E-state index < -0.39 is 0 Å². The summed E-state index contributed by atoms with van der Waals surface area (Å²) < 4.78 is 3.58. The van der Waals surface area contributed by atoms with Crippen LogP contribution in [0.15, 0.2) is 59.4 Å². The first-order chi connectivity index (χ1) is 14.7. The van der Waals surface area contributed by atoms with E-state index in [9.17, 15) is 9.59 Å². The maximum absolute atomic E-state index is 12.9. The van der Waals surface area contributed by atoms with Crippen LogP contribution in [0.3, 0.4) is 0 Å². The van der Waals surface area contributed by atoms with Gasteiger partial charge in [-0.2, -0.15) is 0 Å². The van der Waals surface area contributed by atoms with Gasteiger partial charge >= 0.3 is 5.69 Å². The zero-order chi connectivity index (χ0) is 20.9. The number of amides is 1. The fraction of sp³-hybridized carbons (Fsp3) is 0.417. The average Bonchev–Trinajstić information content (AvgIpc) is 3.05. The molecule has 1 aromatic heterocycles. The molecule has 0 N–H and O–H groups in total. The monoisotopic (exact) mass is 406 g/mol. The summed E-state index contributed by atoms with van der Waals surface area (Å²) in [6, 6.07) is 18.3. The number of para-hydroxylation sites is 2. The van der Waals surface area contributed by atoms with E-state index in [-0.39, 0.29) is 11.6 Å². The smallest absolute Gasteiger partial charge is 0.329 e. The molecule has 3 aromatic rings.